The number of hydrogen-bond donors (Lipinski definition) is 1. The number of anilines is 1. The Morgan fingerprint density at radius 1 is 1.15 bits per heavy atom. The van der Waals surface area contributed by atoms with E-state index >= 15 is 0 Å². The number of likely N-dealkylation sites (tertiary alicyclic amines) is 1. The normalized spacial score (nSPS) is 16.9. The van der Waals surface area contributed by atoms with Crippen molar-refractivity contribution in [1.82, 2.24) is 4.90 Å². The lowest BCUT2D eigenvalue weighted by atomic mass is 9.99. The number of amides is 1. The van der Waals surface area contributed by atoms with E-state index in [0.29, 0.717) is 17.8 Å². The molecule has 1 heterocycles. The molecule has 27 heavy (non-hydrogen) atoms. The number of esters is 1. The summed E-state index contributed by atoms with van der Waals surface area (Å²) < 4.78 is 4.76. The molecular formula is C22H26N2O3. The van der Waals surface area contributed by atoms with Crippen LogP contribution in [0.5, 0.6) is 0 Å². The van der Waals surface area contributed by atoms with E-state index in [1.54, 1.807) is 12.1 Å². The van der Waals surface area contributed by atoms with Crippen molar-refractivity contribution in [2.45, 2.75) is 32.7 Å². The van der Waals surface area contributed by atoms with E-state index in [1.165, 1.54) is 18.2 Å². The van der Waals surface area contributed by atoms with E-state index in [-0.39, 0.29) is 11.9 Å². The van der Waals surface area contributed by atoms with Crippen molar-refractivity contribution in [1.29, 1.82) is 0 Å². The van der Waals surface area contributed by atoms with E-state index in [0.717, 1.165) is 24.9 Å². The molecule has 142 valence electrons. The van der Waals surface area contributed by atoms with Crippen molar-refractivity contribution in [3.8, 4) is 0 Å². The van der Waals surface area contributed by atoms with Gasteiger partial charge in [-0.3, -0.25) is 9.69 Å². The first-order chi connectivity index (χ1) is 13.0. The number of nitrogens with one attached hydrogen (secondary N) is 1. The van der Waals surface area contributed by atoms with E-state index in [2.05, 4.69) is 35.3 Å². The summed E-state index contributed by atoms with van der Waals surface area (Å²) in [5, 5.41) is 2.95. The van der Waals surface area contributed by atoms with Crippen molar-refractivity contribution in [3.05, 3.63) is 64.7 Å². The Balaban J connectivity index is 1.70. The topological polar surface area (TPSA) is 58.6 Å². The predicted octanol–water partition coefficient (Wildman–Crippen LogP) is 3.87. The summed E-state index contributed by atoms with van der Waals surface area (Å²) in [6.45, 7) is 5.27. The summed E-state index contributed by atoms with van der Waals surface area (Å²) in [6, 6.07) is 13.8. The number of nitrogens with zero attached hydrogens (tertiary/aromatic N) is 1. The maximum Gasteiger partial charge on any atom is 0.337 e. The van der Waals surface area contributed by atoms with E-state index in [9.17, 15) is 9.59 Å². The number of ether oxygens (including phenoxy) is 1. The van der Waals surface area contributed by atoms with Crippen LogP contribution in [0.3, 0.4) is 0 Å². The Kier molecular flexibility index (Phi) is 5.91. The summed E-state index contributed by atoms with van der Waals surface area (Å²) in [6.07, 6.45) is 2.15. The Morgan fingerprint density at radius 2 is 1.93 bits per heavy atom. The van der Waals surface area contributed by atoms with Gasteiger partial charge >= 0.3 is 5.97 Å². The summed E-state index contributed by atoms with van der Waals surface area (Å²) in [4.78, 5) is 26.6. The molecule has 0 bridgehead atoms. The van der Waals surface area contributed by atoms with Crippen LogP contribution in [-0.2, 0) is 9.53 Å². The van der Waals surface area contributed by atoms with Crippen LogP contribution in [-0.4, -0.2) is 37.0 Å². The highest BCUT2D eigenvalue weighted by Crippen LogP contribution is 2.33. The Labute approximate surface area is 160 Å². The average Bonchev–Trinajstić information content (AvgIpc) is 3.11. The lowest BCUT2D eigenvalue weighted by Gasteiger charge is -2.25. The zero-order valence-electron chi connectivity index (χ0n) is 16.1. The monoisotopic (exact) mass is 366 g/mol. The molecule has 0 spiro atoms. The lowest BCUT2D eigenvalue weighted by Crippen LogP contribution is -2.33. The minimum Gasteiger partial charge on any atom is -0.465 e. The van der Waals surface area contributed by atoms with Crippen molar-refractivity contribution in [2.24, 2.45) is 0 Å². The summed E-state index contributed by atoms with van der Waals surface area (Å²) in [5.41, 5.74) is 4.54. The molecule has 5 heteroatoms. The maximum absolute atomic E-state index is 12.7. The number of carbonyl (C=O) groups is 2. The standard InChI is InChI=1S/C22H26N2O3/c1-15-7-4-5-8-18(15)20-9-6-12-24(20)14-21(25)23-19-13-17(22(26)27-3)11-10-16(19)2/h4-5,7-8,10-11,13,20H,6,9,12,14H2,1-3H3,(H,23,25). The van der Waals surface area contributed by atoms with E-state index < -0.39 is 5.97 Å². The molecule has 1 amide bonds. The molecular weight excluding hydrogens is 340 g/mol. The molecule has 0 aliphatic carbocycles. The van der Waals surface area contributed by atoms with E-state index in [4.69, 9.17) is 4.74 Å². The molecule has 1 aliphatic rings. The fraction of sp³-hybridized carbons (Fsp3) is 0.364. The average molecular weight is 366 g/mol. The van der Waals surface area contributed by atoms with Gasteiger partial charge in [-0.05, 0) is 62.1 Å². The molecule has 5 nitrogen and oxygen atoms in total. The van der Waals surface area contributed by atoms with Crippen molar-refractivity contribution >= 4 is 17.6 Å². The highest BCUT2D eigenvalue weighted by Gasteiger charge is 2.28. The van der Waals surface area contributed by atoms with Gasteiger partial charge in [0.15, 0.2) is 0 Å². The number of carbonyl (C=O) groups excluding carboxylic acids is 2. The SMILES string of the molecule is COC(=O)c1ccc(C)c(NC(=O)CN2CCCC2c2ccccc2C)c1. The number of rotatable bonds is 5. The van der Waals surface area contributed by atoms with Gasteiger partial charge in [-0.1, -0.05) is 30.3 Å². The number of methoxy groups -OCH3 is 1. The zero-order chi connectivity index (χ0) is 19.4. The maximum atomic E-state index is 12.7. The smallest absolute Gasteiger partial charge is 0.337 e. The van der Waals surface area contributed by atoms with Crippen molar-refractivity contribution in [2.75, 3.05) is 25.5 Å². The number of aryl methyl sites for hydroxylation is 2. The zero-order valence-corrected chi connectivity index (χ0v) is 16.1. The molecule has 1 aliphatic heterocycles. The van der Waals surface area contributed by atoms with Crippen LogP contribution >= 0.6 is 0 Å². The molecule has 0 radical (unpaired) electrons. The van der Waals surface area contributed by atoms with Gasteiger partial charge in [-0.2, -0.15) is 0 Å². The second kappa shape index (κ2) is 8.35. The van der Waals surface area contributed by atoms with Gasteiger partial charge in [0, 0.05) is 11.7 Å². The molecule has 1 fully saturated rings. The third kappa shape index (κ3) is 4.37. The third-order valence-corrected chi connectivity index (χ3v) is 5.19. The van der Waals surface area contributed by atoms with Crippen LogP contribution in [0.1, 0.15) is 45.9 Å². The van der Waals surface area contributed by atoms with Crippen LogP contribution in [0.15, 0.2) is 42.5 Å². The quantitative estimate of drug-likeness (QED) is 0.816. The van der Waals surface area contributed by atoms with E-state index in [1.807, 2.05) is 19.1 Å². The first kappa shape index (κ1) is 19.1. The first-order valence-corrected chi connectivity index (χ1v) is 9.28. The summed E-state index contributed by atoms with van der Waals surface area (Å²) >= 11 is 0. The molecule has 3 rings (SSSR count). The predicted molar refractivity (Wildman–Crippen MR) is 106 cm³/mol. The first-order valence-electron chi connectivity index (χ1n) is 9.28. The molecule has 0 saturated carbocycles. The van der Waals surface area contributed by atoms with Gasteiger partial charge in [0.2, 0.25) is 5.91 Å². The number of hydrogen-bond acceptors (Lipinski definition) is 4. The minimum absolute atomic E-state index is 0.0689. The van der Waals surface area contributed by atoms with Gasteiger partial charge in [0.05, 0.1) is 19.2 Å². The van der Waals surface area contributed by atoms with Gasteiger partial charge in [-0.25, -0.2) is 4.79 Å². The Hall–Kier alpha value is -2.66. The summed E-state index contributed by atoms with van der Waals surface area (Å²) in [5.74, 6) is -0.481. The third-order valence-electron chi connectivity index (χ3n) is 5.19. The largest absolute Gasteiger partial charge is 0.465 e. The van der Waals surface area contributed by atoms with Crippen LogP contribution in [0.4, 0.5) is 5.69 Å². The molecule has 1 N–H and O–H groups in total. The molecule has 0 aromatic heterocycles. The molecule has 1 atom stereocenters. The van der Waals surface area contributed by atoms with Crippen LogP contribution in [0.25, 0.3) is 0 Å². The Bertz CT molecular complexity index is 847. The van der Waals surface area contributed by atoms with Gasteiger partial charge in [0.25, 0.3) is 0 Å². The molecule has 1 saturated heterocycles. The van der Waals surface area contributed by atoms with Gasteiger partial charge in [-0.15, -0.1) is 0 Å². The second-order valence-electron chi connectivity index (χ2n) is 7.05. The molecule has 2 aromatic rings. The fourth-order valence-electron chi connectivity index (χ4n) is 3.70. The second-order valence-corrected chi connectivity index (χ2v) is 7.05. The van der Waals surface area contributed by atoms with Crippen molar-refractivity contribution in [3.63, 3.8) is 0 Å². The molecule has 1 unspecified atom stereocenters. The molecule has 2 aromatic carbocycles. The number of benzene rings is 2. The summed E-state index contributed by atoms with van der Waals surface area (Å²) in [7, 11) is 1.35. The fourth-order valence-corrected chi connectivity index (χ4v) is 3.70. The van der Waals surface area contributed by atoms with Crippen LogP contribution in [0, 0.1) is 13.8 Å². The van der Waals surface area contributed by atoms with Crippen LogP contribution < -0.4 is 5.32 Å². The highest BCUT2D eigenvalue weighted by atomic mass is 16.5. The van der Waals surface area contributed by atoms with Gasteiger partial charge in [0.1, 0.15) is 0 Å². The van der Waals surface area contributed by atoms with Gasteiger partial charge < -0.3 is 10.1 Å². The van der Waals surface area contributed by atoms with Crippen molar-refractivity contribution < 1.29 is 14.3 Å². The minimum atomic E-state index is -0.412. The highest BCUT2D eigenvalue weighted by molar-refractivity contribution is 5.96. The lowest BCUT2D eigenvalue weighted by molar-refractivity contribution is -0.117. The Morgan fingerprint density at radius 3 is 2.67 bits per heavy atom. The van der Waals surface area contributed by atoms with Crippen LogP contribution in [0.2, 0.25) is 0 Å².